The summed E-state index contributed by atoms with van der Waals surface area (Å²) in [6.07, 6.45) is 0. The molecule has 0 saturated carbocycles. The molecule has 0 rings (SSSR count). The fraction of sp³-hybridized carbons (Fsp3) is 0.667. The number of hydrogen-bond donors (Lipinski definition) is 0. The summed E-state index contributed by atoms with van der Waals surface area (Å²) in [5, 5.41) is 30.4. The van der Waals surface area contributed by atoms with E-state index in [-0.39, 0.29) is 19.8 Å². The van der Waals surface area contributed by atoms with Crippen molar-refractivity contribution in [3.8, 4) is 0 Å². The summed E-state index contributed by atoms with van der Waals surface area (Å²) in [5.41, 5.74) is 0. The monoisotopic (exact) mass is 755 g/mol. The van der Waals surface area contributed by atoms with Gasteiger partial charge in [-0.15, -0.1) is 0 Å². The average molecular weight is 762 g/mol. The Bertz CT molecular complexity index is 273. The van der Waals surface area contributed by atoms with E-state index in [9.17, 15) is 29.7 Å². The minimum Gasteiger partial charge on any atom is -0.549 e. The molecule has 0 aliphatic rings. The van der Waals surface area contributed by atoms with Crippen molar-refractivity contribution < 1.29 is 29.7 Å². The van der Waals surface area contributed by atoms with Gasteiger partial charge in [-0.25, -0.2) is 0 Å². The van der Waals surface area contributed by atoms with Gasteiger partial charge in [0.25, 0.3) is 0 Å². The molecule has 0 amide bonds. The first-order valence-corrected chi connectivity index (χ1v) is 10.9. The molecule has 0 bridgehead atoms. The maximum absolute atomic E-state index is 9.74. The van der Waals surface area contributed by atoms with Crippen LogP contribution in [-0.2, 0) is 14.4 Å². The van der Waals surface area contributed by atoms with E-state index in [1.807, 2.05) is 0 Å². The van der Waals surface area contributed by atoms with E-state index < -0.39 is 32.4 Å². The van der Waals surface area contributed by atoms with Crippen LogP contribution in [0.15, 0.2) is 0 Å². The Morgan fingerprint density at radius 1 is 0.636 bits per heavy atom. The number of alkyl halides is 6. The SMILES string of the molecule is O=C([O-])C(Br)CBr.O=C([O-])C(Br)CBr.O=C([O-])C(Br)CBr.[Ga+3]. The van der Waals surface area contributed by atoms with Gasteiger partial charge in [-0.2, -0.15) is 0 Å². The van der Waals surface area contributed by atoms with Crippen LogP contribution in [-0.4, -0.2) is 68.2 Å². The van der Waals surface area contributed by atoms with Crippen molar-refractivity contribution in [1.82, 2.24) is 0 Å². The largest absolute Gasteiger partial charge is 3.00 e. The summed E-state index contributed by atoms with van der Waals surface area (Å²) in [6, 6.07) is 0. The number of hydrogen-bond acceptors (Lipinski definition) is 6. The second-order valence-corrected chi connectivity index (χ2v) is 8.08. The van der Waals surface area contributed by atoms with Crippen LogP contribution in [0.3, 0.4) is 0 Å². The molecule has 0 N–H and O–H groups in total. The zero-order chi connectivity index (χ0) is 17.6. The van der Waals surface area contributed by atoms with Gasteiger partial charge in [0.15, 0.2) is 0 Å². The third-order valence-electron chi connectivity index (χ3n) is 1.17. The number of carboxylic acid groups (broad SMARTS) is 3. The molecule has 0 radical (unpaired) electrons. The van der Waals surface area contributed by atoms with Gasteiger partial charge in [-0.05, 0) is 0 Å². The van der Waals surface area contributed by atoms with Crippen molar-refractivity contribution in [1.29, 1.82) is 0 Å². The fourth-order valence-electron chi connectivity index (χ4n) is 0.189. The number of halogens is 6. The molecular formula is C9H9Br6GaO6. The first-order valence-electron chi connectivity index (χ1n) is 4.77. The molecule has 3 unspecified atom stereocenters. The summed E-state index contributed by atoms with van der Waals surface area (Å²) in [7, 11) is 0. The van der Waals surface area contributed by atoms with Crippen LogP contribution in [0.2, 0.25) is 0 Å². The molecule has 0 spiro atoms. The summed E-state index contributed by atoms with van der Waals surface area (Å²) in [4.78, 5) is 27.5. The van der Waals surface area contributed by atoms with Gasteiger partial charge in [0.1, 0.15) is 0 Å². The summed E-state index contributed by atoms with van der Waals surface area (Å²) in [6.45, 7) is 0. The van der Waals surface area contributed by atoms with Crippen LogP contribution in [0.25, 0.3) is 0 Å². The predicted octanol–water partition coefficient (Wildman–Crippen LogP) is -0.697. The van der Waals surface area contributed by atoms with Crippen LogP contribution in [0.4, 0.5) is 0 Å². The van der Waals surface area contributed by atoms with Gasteiger partial charge < -0.3 is 29.7 Å². The fourth-order valence-corrected chi connectivity index (χ4v) is 0.982. The molecule has 22 heavy (non-hydrogen) atoms. The topological polar surface area (TPSA) is 120 Å². The molecule has 0 aromatic rings. The van der Waals surface area contributed by atoms with Crippen molar-refractivity contribution >= 4 is 133 Å². The number of aliphatic carboxylic acids is 3. The van der Waals surface area contributed by atoms with Gasteiger partial charge in [0.2, 0.25) is 0 Å². The van der Waals surface area contributed by atoms with Gasteiger partial charge in [0, 0.05) is 16.0 Å². The molecule has 0 aromatic heterocycles. The first kappa shape index (κ1) is 31.7. The third-order valence-corrected chi connectivity index (χ3v) is 7.82. The van der Waals surface area contributed by atoms with Crippen molar-refractivity contribution in [3.63, 3.8) is 0 Å². The second kappa shape index (κ2) is 21.0. The molecule has 0 aliphatic heterocycles. The average Bonchev–Trinajstić information content (AvgIpc) is 2.45. The normalized spacial score (nSPS) is 12.8. The summed E-state index contributed by atoms with van der Waals surface area (Å²) < 4.78 is 0. The van der Waals surface area contributed by atoms with E-state index in [4.69, 9.17) is 0 Å². The minimum absolute atomic E-state index is 0. The van der Waals surface area contributed by atoms with E-state index in [1.54, 1.807) is 0 Å². The smallest absolute Gasteiger partial charge is 0.549 e. The quantitative estimate of drug-likeness (QED) is 0.261. The van der Waals surface area contributed by atoms with E-state index in [0.717, 1.165) is 0 Å². The maximum Gasteiger partial charge on any atom is 3.00 e. The Kier molecular flexibility index (Phi) is 30.2. The van der Waals surface area contributed by atoms with E-state index in [2.05, 4.69) is 95.6 Å². The van der Waals surface area contributed by atoms with Gasteiger partial charge in [-0.1, -0.05) is 95.6 Å². The zero-order valence-electron chi connectivity index (χ0n) is 10.6. The molecule has 0 aromatic carbocycles. The molecule has 13 heteroatoms. The van der Waals surface area contributed by atoms with Gasteiger partial charge in [0.05, 0.1) is 32.4 Å². The standard InChI is InChI=1S/3C3H4Br2O2.Ga/c3*4-1-2(5)3(6)7;/h3*2H,1H2,(H,6,7);/q;;;+3/p-3. The van der Waals surface area contributed by atoms with Crippen LogP contribution in [0, 0.1) is 0 Å². The number of rotatable bonds is 6. The van der Waals surface area contributed by atoms with Crippen LogP contribution >= 0.6 is 95.6 Å². The summed E-state index contributed by atoms with van der Waals surface area (Å²) in [5.74, 6) is -3.26. The predicted molar refractivity (Wildman–Crippen MR) is 100 cm³/mol. The first-order chi connectivity index (χ1) is 9.54. The Morgan fingerprint density at radius 3 is 0.773 bits per heavy atom. The molecule has 0 saturated heterocycles. The maximum atomic E-state index is 9.74. The van der Waals surface area contributed by atoms with E-state index in [1.165, 1.54) is 0 Å². The summed E-state index contributed by atoms with van der Waals surface area (Å²) >= 11 is 17.3. The van der Waals surface area contributed by atoms with E-state index in [0.29, 0.717) is 16.0 Å². The molecule has 0 aliphatic carbocycles. The van der Waals surface area contributed by atoms with Crippen LogP contribution in [0.1, 0.15) is 0 Å². The molecular weight excluding hydrogens is 753 g/mol. The van der Waals surface area contributed by atoms with Crippen LogP contribution in [0.5, 0.6) is 0 Å². The van der Waals surface area contributed by atoms with Crippen molar-refractivity contribution in [2.24, 2.45) is 0 Å². The van der Waals surface area contributed by atoms with Crippen LogP contribution < -0.4 is 15.3 Å². The number of carbonyl (C=O) groups is 3. The van der Waals surface area contributed by atoms with Gasteiger partial charge in [-0.3, -0.25) is 0 Å². The third kappa shape index (κ3) is 24.2. The molecule has 3 atom stereocenters. The van der Waals surface area contributed by atoms with Crippen molar-refractivity contribution in [2.45, 2.75) is 14.5 Å². The van der Waals surface area contributed by atoms with E-state index >= 15 is 0 Å². The van der Waals surface area contributed by atoms with Crippen molar-refractivity contribution in [2.75, 3.05) is 16.0 Å². The Hall–Kier alpha value is 1.93. The molecule has 0 fully saturated rings. The minimum atomic E-state index is -1.09. The molecule has 0 heterocycles. The number of carboxylic acids is 3. The Balaban J connectivity index is -0.000000108. The van der Waals surface area contributed by atoms with Crippen molar-refractivity contribution in [3.05, 3.63) is 0 Å². The second-order valence-electron chi connectivity index (χ2n) is 2.82. The Morgan fingerprint density at radius 2 is 0.773 bits per heavy atom. The molecule has 6 nitrogen and oxygen atoms in total. The number of carbonyl (C=O) groups excluding carboxylic acids is 3. The zero-order valence-corrected chi connectivity index (χ0v) is 22.6. The van der Waals surface area contributed by atoms with Gasteiger partial charge >= 0.3 is 19.8 Å². The Labute approximate surface area is 191 Å². The molecule has 126 valence electrons.